The Morgan fingerprint density at radius 1 is 0.978 bits per heavy atom. The van der Waals surface area contributed by atoms with Crippen LogP contribution < -0.4 is 9.47 Å². The zero-order chi connectivity index (χ0) is 32.4. The van der Waals surface area contributed by atoms with Gasteiger partial charge in [0.05, 0.1) is 23.9 Å². The van der Waals surface area contributed by atoms with Crippen LogP contribution in [0.25, 0.3) is 22.2 Å². The number of carbonyl (C=O) groups is 1. The highest BCUT2D eigenvalue weighted by molar-refractivity contribution is 8.00. The molecular weight excluding hydrogens is 582 g/mol. The molecule has 8 heteroatoms. The summed E-state index contributed by atoms with van der Waals surface area (Å²) in [7, 11) is 1.61. The summed E-state index contributed by atoms with van der Waals surface area (Å²) in [6.07, 6.45) is 1.92. The first-order valence-corrected chi connectivity index (χ1v) is 15.9. The lowest BCUT2D eigenvalue weighted by atomic mass is 9.88. The van der Waals surface area contributed by atoms with E-state index in [4.69, 9.17) is 9.47 Å². The molecule has 2 aromatic carbocycles. The Kier molecular flexibility index (Phi) is 9.26. The Morgan fingerprint density at radius 3 is 2.38 bits per heavy atom. The highest BCUT2D eigenvalue weighted by Crippen LogP contribution is 2.44. The van der Waals surface area contributed by atoms with Crippen LogP contribution in [0.3, 0.4) is 0 Å². The van der Waals surface area contributed by atoms with Crippen LogP contribution in [0.1, 0.15) is 64.6 Å². The predicted molar refractivity (Wildman–Crippen MR) is 181 cm³/mol. The fraction of sp³-hybridized carbons (Fsp3) is 0.324. The van der Waals surface area contributed by atoms with Gasteiger partial charge in [0.2, 0.25) is 5.88 Å². The molecular formula is C37H41N3O4S. The minimum atomic E-state index is -0.964. The number of hydrogen-bond donors (Lipinski definition) is 1. The molecule has 234 valence electrons. The van der Waals surface area contributed by atoms with Crippen molar-refractivity contribution in [3.05, 3.63) is 102 Å². The summed E-state index contributed by atoms with van der Waals surface area (Å²) in [5.74, 6) is 0.491. The van der Waals surface area contributed by atoms with E-state index >= 15 is 0 Å². The molecule has 0 saturated carbocycles. The van der Waals surface area contributed by atoms with Crippen molar-refractivity contribution in [1.82, 2.24) is 14.5 Å². The molecule has 0 spiro atoms. The van der Waals surface area contributed by atoms with Gasteiger partial charge in [-0.15, -0.1) is 11.8 Å². The second-order valence-corrected chi connectivity index (χ2v) is 14.7. The molecule has 45 heavy (non-hydrogen) atoms. The topological polar surface area (TPSA) is 86.5 Å². The number of ether oxygens (including phenoxy) is 2. The monoisotopic (exact) mass is 623 g/mol. The fourth-order valence-electron chi connectivity index (χ4n) is 5.23. The molecule has 0 fully saturated rings. The van der Waals surface area contributed by atoms with Gasteiger partial charge in [-0.2, -0.15) is 0 Å². The predicted octanol–water partition coefficient (Wildman–Crippen LogP) is 8.84. The van der Waals surface area contributed by atoms with Crippen LogP contribution in [0, 0.1) is 5.41 Å². The van der Waals surface area contributed by atoms with Gasteiger partial charge in [0.25, 0.3) is 0 Å². The third-order valence-electron chi connectivity index (χ3n) is 7.63. The van der Waals surface area contributed by atoms with Crippen molar-refractivity contribution in [2.75, 3.05) is 7.11 Å². The highest BCUT2D eigenvalue weighted by atomic mass is 32.2. The molecule has 0 aliphatic carbocycles. The number of aromatic nitrogens is 3. The number of methoxy groups -OCH3 is 1. The number of hydrogen-bond acceptors (Lipinski definition) is 6. The lowest BCUT2D eigenvalue weighted by Crippen LogP contribution is -2.28. The third-order valence-corrected chi connectivity index (χ3v) is 8.90. The van der Waals surface area contributed by atoms with Crippen LogP contribution >= 0.6 is 11.8 Å². The number of carboxylic acid groups (broad SMARTS) is 1. The Hall–Kier alpha value is -4.30. The van der Waals surface area contributed by atoms with Crippen molar-refractivity contribution in [3.8, 4) is 22.9 Å². The zero-order valence-electron chi connectivity index (χ0n) is 27.0. The van der Waals surface area contributed by atoms with Crippen molar-refractivity contribution in [3.63, 3.8) is 0 Å². The van der Waals surface area contributed by atoms with Gasteiger partial charge in [0.15, 0.2) is 0 Å². The van der Waals surface area contributed by atoms with Gasteiger partial charge in [-0.25, -0.2) is 4.98 Å². The van der Waals surface area contributed by atoms with Crippen molar-refractivity contribution in [2.45, 2.75) is 70.3 Å². The maximum Gasteiger partial charge on any atom is 0.309 e. The van der Waals surface area contributed by atoms with E-state index < -0.39 is 11.4 Å². The van der Waals surface area contributed by atoms with Gasteiger partial charge < -0.3 is 19.1 Å². The van der Waals surface area contributed by atoms with E-state index in [-0.39, 0.29) is 10.9 Å². The largest absolute Gasteiger partial charge is 0.484 e. The van der Waals surface area contributed by atoms with Crippen molar-refractivity contribution in [1.29, 1.82) is 0 Å². The lowest BCUT2D eigenvalue weighted by Gasteiger charge is -2.24. The molecule has 0 aliphatic heterocycles. The standard InChI is InChI=1S/C37H41N3O4S/c1-24(29-11-8-9-20-38-29)44-27-18-19-31-28(21-27)34(45-36(2,3)4)32(22-37(5,6)35(41)42)40(31)23-25-14-16-26(17-15-25)30-12-10-13-33(39-30)43-7/h8-21,24H,22-23H2,1-7H3,(H,41,42)/t24-/m1/s1. The Morgan fingerprint density at radius 2 is 1.73 bits per heavy atom. The highest BCUT2D eigenvalue weighted by Gasteiger charge is 2.33. The summed E-state index contributed by atoms with van der Waals surface area (Å²) < 4.78 is 13.9. The maximum absolute atomic E-state index is 12.4. The van der Waals surface area contributed by atoms with Crippen molar-refractivity contribution in [2.24, 2.45) is 5.41 Å². The van der Waals surface area contributed by atoms with Crippen molar-refractivity contribution < 1.29 is 19.4 Å². The van der Waals surface area contributed by atoms with Gasteiger partial charge in [0, 0.05) is 57.0 Å². The van der Waals surface area contributed by atoms with Gasteiger partial charge >= 0.3 is 5.97 Å². The van der Waals surface area contributed by atoms with Crippen LogP contribution in [0.5, 0.6) is 11.6 Å². The van der Waals surface area contributed by atoms with E-state index in [9.17, 15) is 9.90 Å². The molecule has 3 aromatic heterocycles. The van der Waals surface area contributed by atoms with Gasteiger partial charge in [-0.05, 0) is 62.7 Å². The quantitative estimate of drug-likeness (QED) is 0.147. The summed E-state index contributed by atoms with van der Waals surface area (Å²) in [5.41, 5.74) is 4.87. The number of thioether (sulfide) groups is 1. The van der Waals surface area contributed by atoms with Gasteiger partial charge in [-0.1, -0.05) is 57.2 Å². The Labute approximate surface area is 269 Å². The second kappa shape index (κ2) is 13.0. The molecule has 0 radical (unpaired) electrons. The van der Waals surface area contributed by atoms with Gasteiger partial charge in [-0.3, -0.25) is 9.78 Å². The molecule has 0 aliphatic rings. The zero-order valence-corrected chi connectivity index (χ0v) is 27.8. The number of rotatable bonds is 11. The fourth-order valence-corrected chi connectivity index (χ4v) is 6.42. The van der Waals surface area contributed by atoms with E-state index in [2.05, 4.69) is 71.7 Å². The van der Waals surface area contributed by atoms with Crippen LogP contribution in [-0.4, -0.2) is 37.5 Å². The Balaban J connectivity index is 1.60. The molecule has 7 nitrogen and oxygen atoms in total. The molecule has 0 amide bonds. The molecule has 1 N–H and O–H groups in total. The smallest absolute Gasteiger partial charge is 0.309 e. The number of benzene rings is 2. The first-order chi connectivity index (χ1) is 21.3. The second-order valence-electron chi connectivity index (χ2n) is 12.9. The average molecular weight is 624 g/mol. The summed E-state index contributed by atoms with van der Waals surface area (Å²) >= 11 is 1.77. The molecule has 1 atom stereocenters. The first-order valence-electron chi connectivity index (χ1n) is 15.1. The van der Waals surface area contributed by atoms with Crippen LogP contribution in [0.4, 0.5) is 0 Å². The molecule has 5 rings (SSSR count). The minimum absolute atomic E-state index is 0.106. The lowest BCUT2D eigenvalue weighted by molar-refractivity contribution is -0.146. The molecule has 0 saturated heterocycles. The Bertz CT molecular complexity index is 1790. The number of nitrogens with zero attached hydrogens (tertiary/aromatic N) is 3. The summed E-state index contributed by atoms with van der Waals surface area (Å²) in [4.78, 5) is 22.5. The van der Waals surface area contributed by atoms with Crippen LogP contribution in [0.2, 0.25) is 0 Å². The number of aliphatic carboxylic acids is 1. The molecule has 3 heterocycles. The molecule has 0 unspecified atom stereocenters. The van der Waals surface area contributed by atoms with Crippen molar-refractivity contribution >= 4 is 28.6 Å². The first kappa shape index (κ1) is 32.1. The molecule has 5 aromatic rings. The average Bonchev–Trinajstić information content (AvgIpc) is 3.27. The number of carboxylic acids is 1. The van der Waals surface area contributed by atoms with E-state index in [0.717, 1.165) is 49.8 Å². The minimum Gasteiger partial charge on any atom is -0.484 e. The summed E-state index contributed by atoms with van der Waals surface area (Å²) in [6, 6.07) is 26.1. The maximum atomic E-state index is 12.4. The molecule has 0 bridgehead atoms. The van der Waals surface area contributed by atoms with E-state index in [1.807, 2.05) is 49.4 Å². The van der Waals surface area contributed by atoms with E-state index in [1.54, 1.807) is 38.9 Å². The van der Waals surface area contributed by atoms with Gasteiger partial charge in [0.1, 0.15) is 11.9 Å². The number of fused-ring (bicyclic) bond motifs is 1. The van der Waals surface area contributed by atoms with Crippen LogP contribution in [0.15, 0.2) is 90.0 Å². The number of pyridine rings is 2. The SMILES string of the molecule is COc1cccc(-c2ccc(Cn3c(CC(C)(C)C(=O)O)c(SC(C)(C)C)c4cc(O[C@H](C)c5ccccn5)ccc43)cc2)n1. The summed E-state index contributed by atoms with van der Waals surface area (Å²) in [5, 5.41) is 11.2. The van der Waals surface area contributed by atoms with E-state index in [1.165, 1.54) is 0 Å². The third kappa shape index (κ3) is 7.51. The summed E-state index contributed by atoms with van der Waals surface area (Å²) in [6.45, 7) is 12.7. The normalized spacial score (nSPS) is 12.7. The van der Waals surface area contributed by atoms with E-state index in [0.29, 0.717) is 18.8 Å². The van der Waals surface area contributed by atoms with Crippen LogP contribution in [-0.2, 0) is 17.8 Å².